The number of aromatic nitrogens is 1. The maximum Gasteiger partial charge on any atom is 0.248 e. The lowest BCUT2D eigenvalue weighted by molar-refractivity contribution is -0.192. The zero-order valence-electron chi connectivity index (χ0n) is 18.0. The molecule has 8 nitrogen and oxygen atoms in total. The van der Waals surface area contributed by atoms with E-state index in [-0.39, 0.29) is 24.3 Å². The Kier molecular flexibility index (Phi) is 7.07. The lowest BCUT2D eigenvalue weighted by Gasteiger charge is -2.44. The summed E-state index contributed by atoms with van der Waals surface area (Å²) in [6.07, 6.45) is 1.60. The SMILES string of the molecule is Cc1noc(C)c1CCC1CCN(S(=O)(=O)CC2(N(O)C=O)CCC(F)(F)CC2)CC1. The van der Waals surface area contributed by atoms with Gasteiger partial charge in [0, 0.05) is 31.5 Å². The van der Waals surface area contributed by atoms with Crippen LogP contribution in [0.25, 0.3) is 0 Å². The van der Waals surface area contributed by atoms with Gasteiger partial charge in [-0.1, -0.05) is 5.16 Å². The van der Waals surface area contributed by atoms with Crippen molar-refractivity contribution in [2.75, 3.05) is 18.8 Å². The van der Waals surface area contributed by atoms with Crippen molar-refractivity contribution in [3.05, 3.63) is 17.0 Å². The highest BCUT2D eigenvalue weighted by Gasteiger charge is 2.50. The largest absolute Gasteiger partial charge is 0.361 e. The average Bonchev–Trinajstić information content (AvgIpc) is 3.05. The van der Waals surface area contributed by atoms with Crippen LogP contribution in [0.15, 0.2) is 4.52 Å². The van der Waals surface area contributed by atoms with Crippen LogP contribution in [-0.4, -0.2) is 64.9 Å². The van der Waals surface area contributed by atoms with Crippen molar-refractivity contribution in [3.8, 4) is 0 Å². The van der Waals surface area contributed by atoms with Gasteiger partial charge in [0.15, 0.2) is 0 Å². The number of rotatable bonds is 8. The van der Waals surface area contributed by atoms with Crippen LogP contribution < -0.4 is 0 Å². The fraction of sp³-hybridized carbons (Fsp3) is 0.800. The molecule has 0 radical (unpaired) electrons. The molecule has 0 spiro atoms. The van der Waals surface area contributed by atoms with Gasteiger partial charge in [0.2, 0.25) is 22.4 Å². The van der Waals surface area contributed by atoms with Crippen molar-refractivity contribution in [2.45, 2.75) is 76.7 Å². The summed E-state index contributed by atoms with van der Waals surface area (Å²) in [6.45, 7) is 4.47. The molecule has 1 N–H and O–H groups in total. The zero-order valence-corrected chi connectivity index (χ0v) is 18.8. The summed E-state index contributed by atoms with van der Waals surface area (Å²) in [5.74, 6) is -2.28. The van der Waals surface area contributed by atoms with Crippen LogP contribution in [0.2, 0.25) is 0 Å². The fourth-order valence-electron chi connectivity index (χ4n) is 4.75. The minimum Gasteiger partial charge on any atom is -0.361 e. The molecule has 2 heterocycles. The van der Waals surface area contributed by atoms with Crippen molar-refractivity contribution in [3.63, 3.8) is 0 Å². The summed E-state index contributed by atoms with van der Waals surface area (Å²) in [4.78, 5) is 11.2. The Labute approximate surface area is 181 Å². The van der Waals surface area contributed by atoms with Gasteiger partial charge in [-0.05, 0) is 58.3 Å². The van der Waals surface area contributed by atoms with Crippen LogP contribution in [-0.2, 0) is 21.2 Å². The van der Waals surface area contributed by atoms with Gasteiger partial charge in [0.1, 0.15) is 5.76 Å². The molecule has 11 heteroatoms. The summed E-state index contributed by atoms with van der Waals surface area (Å²) in [6, 6.07) is 0. The molecule has 0 aromatic carbocycles. The molecule has 0 bridgehead atoms. The molecule has 0 unspecified atom stereocenters. The average molecular weight is 464 g/mol. The Hall–Kier alpha value is -1.59. The van der Waals surface area contributed by atoms with Gasteiger partial charge in [-0.15, -0.1) is 0 Å². The molecule has 2 aliphatic rings. The first-order valence-corrected chi connectivity index (χ1v) is 12.3. The van der Waals surface area contributed by atoms with E-state index in [4.69, 9.17) is 4.52 Å². The molecule has 1 aliphatic heterocycles. The van der Waals surface area contributed by atoms with Crippen LogP contribution in [0.1, 0.15) is 62.0 Å². The number of nitrogens with zero attached hydrogens (tertiary/aromatic N) is 3. The monoisotopic (exact) mass is 463 g/mol. The summed E-state index contributed by atoms with van der Waals surface area (Å²) in [5.41, 5.74) is 0.468. The minimum atomic E-state index is -3.83. The highest BCUT2D eigenvalue weighted by molar-refractivity contribution is 7.89. The molecular formula is C20H31F2N3O5S. The number of alkyl halides is 2. The fourth-order valence-corrected chi connectivity index (χ4v) is 6.80. The predicted molar refractivity (Wildman–Crippen MR) is 108 cm³/mol. The summed E-state index contributed by atoms with van der Waals surface area (Å²) >= 11 is 0. The van der Waals surface area contributed by atoms with Crippen LogP contribution in [0.5, 0.6) is 0 Å². The molecule has 1 aromatic rings. The lowest BCUT2D eigenvalue weighted by Crippen LogP contribution is -2.57. The minimum absolute atomic E-state index is 0.111. The second kappa shape index (κ2) is 9.11. The van der Waals surface area contributed by atoms with Gasteiger partial charge >= 0.3 is 0 Å². The Bertz CT molecular complexity index is 852. The lowest BCUT2D eigenvalue weighted by atomic mass is 9.81. The van der Waals surface area contributed by atoms with Crippen molar-refractivity contribution in [2.24, 2.45) is 5.92 Å². The van der Waals surface area contributed by atoms with Gasteiger partial charge in [-0.2, -0.15) is 0 Å². The first kappa shape index (κ1) is 24.1. The van der Waals surface area contributed by atoms with Gasteiger partial charge in [-0.25, -0.2) is 26.6 Å². The molecule has 1 aromatic heterocycles. The van der Waals surface area contributed by atoms with E-state index < -0.39 is 40.1 Å². The molecule has 1 saturated carbocycles. The van der Waals surface area contributed by atoms with Crippen molar-refractivity contribution in [1.29, 1.82) is 0 Å². The van der Waals surface area contributed by atoms with Gasteiger partial charge in [0.25, 0.3) is 0 Å². The van der Waals surface area contributed by atoms with Crippen molar-refractivity contribution < 1.29 is 31.7 Å². The molecule has 1 saturated heterocycles. The number of hydrogen-bond donors (Lipinski definition) is 1. The predicted octanol–water partition coefficient (Wildman–Crippen LogP) is 3.06. The van der Waals surface area contributed by atoms with E-state index in [1.807, 2.05) is 13.8 Å². The van der Waals surface area contributed by atoms with Gasteiger partial charge in [0.05, 0.1) is 17.0 Å². The Balaban J connectivity index is 1.59. The third kappa shape index (κ3) is 5.43. The number of carbonyl (C=O) groups excluding carboxylic acids is 1. The van der Waals surface area contributed by atoms with Crippen LogP contribution in [0, 0.1) is 19.8 Å². The second-order valence-corrected chi connectivity index (χ2v) is 10.9. The molecule has 1 amide bonds. The van der Waals surface area contributed by atoms with Crippen molar-refractivity contribution in [1.82, 2.24) is 14.5 Å². The summed E-state index contributed by atoms with van der Waals surface area (Å²) in [7, 11) is -3.83. The molecular weight excluding hydrogens is 432 g/mol. The topological polar surface area (TPSA) is 104 Å². The molecule has 3 rings (SSSR count). The van der Waals surface area contributed by atoms with Crippen LogP contribution in [0.4, 0.5) is 8.78 Å². The first-order valence-electron chi connectivity index (χ1n) is 10.7. The number of carbonyl (C=O) groups is 1. The molecule has 1 aliphatic carbocycles. The summed E-state index contributed by atoms with van der Waals surface area (Å²) < 4.78 is 59.9. The van der Waals surface area contributed by atoms with E-state index in [1.165, 1.54) is 4.31 Å². The van der Waals surface area contributed by atoms with Crippen molar-refractivity contribution >= 4 is 16.4 Å². The number of hydrogen-bond acceptors (Lipinski definition) is 6. The van der Waals surface area contributed by atoms with E-state index in [0.29, 0.717) is 31.8 Å². The number of halogens is 2. The van der Waals surface area contributed by atoms with Gasteiger partial charge < -0.3 is 4.52 Å². The Morgan fingerprint density at radius 3 is 2.35 bits per heavy atom. The first-order chi connectivity index (χ1) is 14.5. The highest BCUT2D eigenvalue weighted by Crippen LogP contribution is 2.42. The Morgan fingerprint density at radius 1 is 1.23 bits per heavy atom. The number of piperidine rings is 1. The number of sulfonamides is 1. The smallest absolute Gasteiger partial charge is 0.248 e. The maximum atomic E-state index is 13.6. The van der Waals surface area contributed by atoms with E-state index >= 15 is 0 Å². The van der Waals surface area contributed by atoms with E-state index in [0.717, 1.165) is 29.9 Å². The van der Waals surface area contributed by atoms with Gasteiger partial charge in [-0.3, -0.25) is 10.0 Å². The third-order valence-electron chi connectivity index (χ3n) is 6.90. The van der Waals surface area contributed by atoms with E-state index in [1.54, 1.807) is 0 Å². The molecule has 176 valence electrons. The van der Waals surface area contributed by atoms with Crippen LogP contribution >= 0.6 is 0 Å². The quantitative estimate of drug-likeness (QED) is 0.361. The standard InChI is InChI=1S/C20H31F2N3O5S/c1-15-18(16(2)30-23-15)4-3-17-5-11-24(12-6-17)31(28,29)13-19(25(27)14-26)7-9-20(21,22)10-8-19/h14,17,27H,3-13H2,1-2H3. The maximum absolute atomic E-state index is 13.6. The molecule has 2 fully saturated rings. The Morgan fingerprint density at radius 2 is 1.84 bits per heavy atom. The highest BCUT2D eigenvalue weighted by atomic mass is 32.2. The van der Waals surface area contributed by atoms with E-state index in [9.17, 15) is 27.2 Å². The third-order valence-corrected chi connectivity index (χ3v) is 8.95. The molecule has 0 atom stereocenters. The second-order valence-electron chi connectivity index (χ2n) is 8.97. The molecule has 31 heavy (non-hydrogen) atoms. The van der Waals surface area contributed by atoms with E-state index in [2.05, 4.69) is 5.16 Å². The normalized spacial score (nSPS) is 22.4. The number of aryl methyl sites for hydroxylation is 2. The summed E-state index contributed by atoms with van der Waals surface area (Å²) in [5, 5.41) is 14.3. The number of amides is 1. The zero-order chi connectivity index (χ0) is 22.9. The number of hydroxylamine groups is 2. The van der Waals surface area contributed by atoms with Crippen LogP contribution in [0.3, 0.4) is 0 Å².